The van der Waals surface area contributed by atoms with E-state index < -0.39 is 35.5 Å². The number of anilines is 1. The Labute approximate surface area is 292 Å². The Morgan fingerprint density at radius 3 is 2.43 bits per heavy atom. The fourth-order valence-electron chi connectivity index (χ4n) is 7.20. The number of benzene rings is 3. The molecule has 3 aromatic carbocycles. The summed E-state index contributed by atoms with van der Waals surface area (Å²) in [6.07, 6.45) is -1.50. The Bertz CT molecular complexity index is 1960. The molecule has 0 radical (unpaired) electrons. The van der Waals surface area contributed by atoms with Crippen LogP contribution in [0, 0.1) is 0 Å². The summed E-state index contributed by atoms with van der Waals surface area (Å²) in [5.41, 5.74) is 2.01. The average Bonchev–Trinajstić information content (AvgIpc) is 3.55. The van der Waals surface area contributed by atoms with E-state index in [0.29, 0.717) is 29.1 Å². The summed E-state index contributed by atoms with van der Waals surface area (Å²) < 4.78 is 47.9. The topological polar surface area (TPSA) is 109 Å². The molecule has 3 amide bonds. The fraction of sp³-hybridized carbons (Fsp3) is 0.316. The molecular formula is C38H37F3N6O4. The molecule has 51 heavy (non-hydrogen) atoms. The van der Waals surface area contributed by atoms with Crippen LogP contribution in [0.4, 0.5) is 19.0 Å². The number of rotatable bonds is 10. The van der Waals surface area contributed by atoms with Crippen molar-refractivity contribution in [2.75, 3.05) is 31.1 Å². The van der Waals surface area contributed by atoms with Crippen molar-refractivity contribution in [1.29, 1.82) is 0 Å². The van der Waals surface area contributed by atoms with Crippen molar-refractivity contribution in [2.24, 2.45) is 0 Å². The molecule has 2 N–H and O–H groups in total. The van der Waals surface area contributed by atoms with E-state index in [9.17, 15) is 27.6 Å². The summed E-state index contributed by atoms with van der Waals surface area (Å²) in [6.45, 7) is 8.22. The monoisotopic (exact) mass is 698 g/mol. The van der Waals surface area contributed by atoms with Crippen molar-refractivity contribution in [3.8, 4) is 5.69 Å². The van der Waals surface area contributed by atoms with Gasteiger partial charge in [0.05, 0.1) is 29.7 Å². The van der Waals surface area contributed by atoms with Crippen molar-refractivity contribution >= 4 is 23.5 Å². The van der Waals surface area contributed by atoms with E-state index in [1.807, 2.05) is 48.5 Å². The van der Waals surface area contributed by atoms with E-state index in [1.54, 1.807) is 23.9 Å². The highest BCUT2D eigenvalue weighted by molar-refractivity contribution is 6.05. The average molecular weight is 699 g/mol. The number of hydrogen-bond donors (Lipinski definition) is 2. The molecule has 4 atom stereocenters. The molecule has 1 aromatic heterocycles. The van der Waals surface area contributed by atoms with Gasteiger partial charge in [-0.1, -0.05) is 55.1 Å². The molecule has 264 valence electrons. The first-order valence-corrected chi connectivity index (χ1v) is 16.9. The number of nitrogens with zero attached hydrogens (tertiary/aromatic N) is 4. The molecule has 0 spiro atoms. The molecule has 2 bridgehead atoms. The third kappa shape index (κ3) is 6.91. The van der Waals surface area contributed by atoms with Gasteiger partial charge in [0, 0.05) is 61.8 Å². The lowest BCUT2D eigenvalue weighted by Gasteiger charge is -2.47. The van der Waals surface area contributed by atoms with Gasteiger partial charge < -0.3 is 15.4 Å². The number of morpholine rings is 1. The molecule has 0 aliphatic carbocycles. The number of aromatic nitrogens is 2. The number of carbonyl (C=O) groups is 3. The highest BCUT2D eigenvalue weighted by Crippen LogP contribution is 2.42. The lowest BCUT2D eigenvalue weighted by molar-refractivity contribution is -0.179. The minimum Gasteiger partial charge on any atom is -0.372 e. The first kappa shape index (κ1) is 34.2. The second-order valence-corrected chi connectivity index (χ2v) is 13.1. The van der Waals surface area contributed by atoms with Gasteiger partial charge in [0.2, 0.25) is 5.91 Å². The van der Waals surface area contributed by atoms with E-state index in [0.717, 1.165) is 49.0 Å². The summed E-state index contributed by atoms with van der Waals surface area (Å²) in [4.78, 5) is 44.7. The maximum Gasteiger partial charge on any atom is 0.416 e. The van der Waals surface area contributed by atoms with Gasteiger partial charge in [0.15, 0.2) is 0 Å². The van der Waals surface area contributed by atoms with Crippen molar-refractivity contribution in [3.05, 3.63) is 125 Å². The lowest BCUT2D eigenvalue weighted by Crippen LogP contribution is -2.57. The second kappa shape index (κ2) is 13.8. The maximum absolute atomic E-state index is 14.4. The standard InChI is InChI=1S/C38H37F3N6O4/c1-3-46-36-31(19-43-47(36)28-13-5-4-6-14-28)32(33(37(46)50)44-35(49)26-11-8-12-27(16-26)38(39,40)41)25-10-7-9-24(15-25)18-42-34(48)23(2)20-45-21-29-17-30(22-45)51-29/h4-16,19,29-30,32-33H,2-3,17-18,20-22H2,1H3,(H,42,48)(H,44,49)/t29?,30?,32-,33+/m1/s1. The highest BCUT2D eigenvalue weighted by Gasteiger charge is 2.45. The largest absolute Gasteiger partial charge is 0.416 e. The van der Waals surface area contributed by atoms with Crippen LogP contribution in [0.3, 0.4) is 0 Å². The molecule has 13 heteroatoms. The van der Waals surface area contributed by atoms with E-state index >= 15 is 0 Å². The lowest BCUT2D eigenvalue weighted by atomic mass is 9.81. The first-order valence-electron chi connectivity index (χ1n) is 16.9. The molecule has 3 fully saturated rings. The van der Waals surface area contributed by atoms with E-state index in [1.165, 1.54) is 11.0 Å². The van der Waals surface area contributed by atoms with E-state index in [4.69, 9.17) is 4.74 Å². The second-order valence-electron chi connectivity index (χ2n) is 13.1. The van der Waals surface area contributed by atoms with Crippen molar-refractivity contribution in [3.63, 3.8) is 0 Å². The molecule has 5 heterocycles. The molecule has 0 saturated carbocycles. The van der Waals surface area contributed by atoms with Crippen molar-refractivity contribution in [2.45, 2.75) is 50.2 Å². The van der Waals surface area contributed by atoms with Gasteiger partial charge in [-0.2, -0.15) is 18.3 Å². The predicted molar refractivity (Wildman–Crippen MR) is 183 cm³/mol. The Kier molecular flexibility index (Phi) is 9.25. The van der Waals surface area contributed by atoms with E-state index in [2.05, 4.69) is 27.2 Å². The Balaban J connectivity index is 1.19. The number of carbonyl (C=O) groups excluding carboxylic acids is 3. The van der Waals surface area contributed by atoms with E-state index in [-0.39, 0.29) is 36.8 Å². The number of hydrogen-bond acceptors (Lipinski definition) is 6. The van der Waals surface area contributed by atoms with Gasteiger partial charge >= 0.3 is 6.18 Å². The van der Waals surface area contributed by atoms with Gasteiger partial charge in [-0.3, -0.25) is 24.2 Å². The Morgan fingerprint density at radius 1 is 1.00 bits per heavy atom. The van der Waals surface area contributed by atoms with Crippen LogP contribution < -0.4 is 15.5 Å². The summed E-state index contributed by atoms with van der Waals surface area (Å²) in [7, 11) is 0. The van der Waals surface area contributed by atoms with Crippen LogP contribution >= 0.6 is 0 Å². The number of halogens is 3. The van der Waals surface area contributed by atoms with Crippen molar-refractivity contribution < 1.29 is 32.3 Å². The Morgan fingerprint density at radius 2 is 1.73 bits per heavy atom. The van der Waals surface area contributed by atoms with Crippen LogP contribution in [-0.2, 0) is 27.0 Å². The summed E-state index contributed by atoms with van der Waals surface area (Å²) in [5.74, 6) is -1.77. The normalized spacial score (nSPS) is 21.4. The quantitative estimate of drug-likeness (QED) is 0.230. The van der Waals surface area contributed by atoms with Crippen molar-refractivity contribution in [1.82, 2.24) is 25.3 Å². The minimum atomic E-state index is -4.65. The fourth-order valence-corrected chi connectivity index (χ4v) is 7.20. The molecule has 2 unspecified atom stereocenters. The first-order chi connectivity index (χ1) is 24.5. The number of amides is 3. The Hall–Kier alpha value is -5.27. The van der Waals surface area contributed by atoms with Gasteiger partial charge in [-0.05, 0) is 48.4 Å². The number of ether oxygens (including phenoxy) is 1. The van der Waals surface area contributed by atoms with Gasteiger partial charge in [-0.15, -0.1) is 0 Å². The third-order valence-electron chi connectivity index (χ3n) is 9.62. The molecular weight excluding hydrogens is 661 g/mol. The molecule has 8 rings (SSSR count). The van der Waals surface area contributed by atoms with Crippen LogP contribution in [0.1, 0.15) is 51.9 Å². The van der Waals surface area contributed by atoms with Crippen LogP contribution in [0.25, 0.3) is 5.69 Å². The maximum atomic E-state index is 14.4. The number of nitrogens with one attached hydrogen (secondary N) is 2. The minimum absolute atomic E-state index is 0.180. The van der Waals surface area contributed by atoms with Crippen LogP contribution in [0.5, 0.6) is 0 Å². The number of fused-ring (bicyclic) bond motifs is 3. The number of piperidine rings is 1. The SMILES string of the molecule is C=C(CN1CC2CC(C1)O2)C(=O)NCc1cccc([C@@H]2c3cnn(-c4ccccc4)c3N(CC)C(=O)[C@H]2NC(=O)c2cccc(C(F)(F)F)c2)c1. The van der Waals surface area contributed by atoms with Crippen LogP contribution in [0.15, 0.2) is 97.2 Å². The molecule has 4 aliphatic rings. The zero-order valence-electron chi connectivity index (χ0n) is 27.9. The number of alkyl halides is 3. The zero-order valence-corrected chi connectivity index (χ0v) is 27.9. The predicted octanol–water partition coefficient (Wildman–Crippen LogP) is 4.83. The highest BCUT2D eigenvalue weighted by atomic mass is 19.4. The van der Waals surface area contributed by atoms with Gasteiger partial charge in [0.1, 0.15) is 11.9 Å². The molecule has 10 nitrogen and oxygen atoms in total. The summed E-state index contributed by atoms with van der Waals surface area (Å²) in [5, 5.41) is 10.4. The van der Waals surface area contributed by atoms with Crippen LogP contribution in [0.2, 0.25) is 0 Å². The number of para-hydroxylation sites is 1. The van der Waals surface area contributed by atoms with Gasteiger partial charge in [0.25, 0.3) is 11.8 Å². The van der Waals surface area contributed by atoms with Crippen LogP contribution in [-0.4, -0.2) is 76.8 Å². The summed E-state index contributed by atoms with van der Waals surface area (Å²) >= 11 is 0. The third-order valence-corrected chi connectivity index (χ3v) is 9.62. The molecule has 4 aromatic rings. The van der Waals surface area contributed by atoms with Gasteiger partial charge in [-0.25, -0.2) is 4.68 Å². The molecule has 3 saturated heterocycles. The molecule has 4 aliphatic heterocycles. The smallest absolute Gasteiger partial charge is 0.372 e. The zero-order chi connectivity index (χ0) is 35.9. The summed E-state index contributed by atoms with van der Waals surface area (Å²) in [6, 6.07) is 19.5. The number of likely N-dealkylation sites (N-methyl/N-ethyl adjacent to an activating group) is 1.